The van der Waals surface area contributed by atoms with Crippen LogP contribution in [-0.4, -0.2) is 41.4 Å². The second-order valence-electron chi connectivity index (χ2n) is 5.07. The summed E-state index contributed by atoms with van der Waals surface area (Å²) in [5.41, 5.74) is -4.37. The topological polar surface area (TPSA) is 60.2 Å². The van der Waals surface area contributed by atoms with Crippen LogP contribution in [0.25, 0.3) is 0 Å². The minimum Gasteiger partial charge on any atom is -0.741 e. The van der Waals surface area contributed by atoms with Gasteiger partial charge in [-0.3, -0.25) is 0 Å². The van der Waals surface area contributed by atoms with Crippen LogP contribution in [-0.2, 0) is 10.1 Å². The van der Waals surface area contributed by atoms with Gasteiger partial charge in [0.15, 0.2) is 16.3 Å². The van der Waals surface area contributed by atoms with Crippen LogP contribution in [0.3, 0.4) is 0 Å². The van der Waals surface area contributed by atoms with E-state index in [2.05, 4.69) is 62.8 Å². The van der Waals surface area contributed by atoms with Crippen LogP contribution in [0.5, 0.6) is 0 Å². The molecule has 0 aliphatic heterocycles. The van der Waals surface area contributed by atoms with Gasteiger partial charge >= 0.3 is 5.51 Å². The van der Waals surface area contributed by atoms with Crippen molar-refractivity contribution in [1.82, 2.24) is 0 Å². The highest BCUT2D eigenvalue weighted by atomic mass is 32.2. The zero-order valence-electron chi connectivity index (χ0n) is 12.8. The van der Waals surface area contributed by atoms with Gasteiger partial charge in [0, 0.05) is 5.56 Å². The van der Waals surface area contributed by atoms with Crippen molar-refractivity contribution < 1.29 is 30.7 Å². The van der Waals surface area contributed by atoms with Crippen LogP contribution in [0.4, 0.5) is 13.2 Å². The van der Waals surface area contributed by atoms with E-state index in [4.69, 9.17) is 13.0 Å². The molecule has 0 atom stereocenters. The predicted molar refractivity (Wildman–Crippen MR) is 77.9 cm³/mol. The maximum absolute atomic E-state index is 10.7. The molecule has 1 aromatic rings. The van der Waals surface area contributed by atoms with Gasteiger partial charge in [-0.1, -0.05) is 18.2 Å². The lowest BCUT2D eigenvalue weighted by Gasteiger charge is -2.10. The number of alkyl halides is 3. The number of halogens is 3. The fourth-order valence-corrected chi connectivity index (χ4v) is 1.61. The Morgan fingerprint density at radius 2 is 1.41 bits per heavy atom. The summed E-state index contributed by atoms with van der Waals surface area (Å²) in [4.78, 5) is 0. The van der Waals surface area contributed by atoms with Crippen molar-refractivity contribution in [2.45, 2.75) is 45.3 Å². The van der Waals surface area contributed by atoms with Crippen LogP contribution >= 0.6 is 0 Å². The van der Waals surface area contributed by atoms with E-state index in [1.165, 1.54) is 5.56 Å². The van der Waals surface area contributed by atoms with Gasteiger partial charge < -0.3 is 4.55 Å². The van der Waals surface area contributed by atoms with Gasteiger partial charge in [-0.2, -0.15) is 13.2 Å². The lowest BCUT2D eigenvalue weighted by atomic mass is 10.2. The van der Waals surface area contributed by atoms with Crippen molar-refractivity contribution >= 4 is 16.3 Å². The summed E-state index contributed by atoms with van der Waals surface area (Å²) in [5, 5.41) is 0. The summed E-state index contributed by atoms with van der Waals surface area (Å²) in [7, 11) is -6.09. The number of hydrogen-bond donors (Lipinski definition) is 0. The summed E-state index contributed by atoms with van der Waals surface area (Å²) in [6.45, 7) is 8.89. The van der Waals surface area contributed by atoms with E-state index in [-0.39, 0.29) is 0 Å². The molecule has 0 aromatic heterocycles. The first-order valence-corrected chi connectivity index (χ1v) is 7.96. The quantitative estimate of drug-likeness (QED) is 0.368. The largest absolute Gasteiger partial charge is 0.741 e. The van der Waals surface area contributed by atoms with Crippen molar-refractivity contribution in [2.24, 2.45) is 0 Å². The molecule has 0 unspecified atom stereocenters. The molecule has 1 aromatic carbocycles. The third-order valence-corrected chi connectivity index (χ3v) is 3.14. The van der Waals surface area contributed by atoms with Crippen LogP contribution in [0.2, 0.25) is 0 Å². The summed E-state index contributed by atoms with van der Waals surface area (Å²) in [6, 6.07) is 11.6. The molecule has 0 aliphatic rings. The Hall–Kier alpha value is -1.41. The molecule has 0 spiro atoms. The summed E-state index contributed by atoms with van der Waals surface area (Å²) in [6.07, 6.45) is 2.23. The molecule has 0 bridgehead atoms. The van der Waals surface area contributed by atoms with E-state index in [1.807, 2.05) is 6.07 Å². The average molecular weight is 339 g/mol. The predicted octanol–water partition coefficient (Wildman–Crippen LogP) is 2.99. The first kappa shape index (κ1) is 20.6. The first-order chi connectivity index (χ1) is 9.86. The van der Waals surface area contributed by atoms with Crippen molar-refractivity contribution in [2.75, 3.05) is 0 Å². The van der Waals surface area contributed by atoms with Gasteiger partial charge in [0.05, 0.1) is 0 Å². The summed E-state index contributed by atoms with van der Waals surface area (Å²) in [5.74, 6) is 0. The van der Waals surface area contributed by atoms with Crippen LogP contribution in [0.1, 0.15) is 33.3 Å². The average Bonchev–Trinajstić information content (AvgIpc) is 2.34. The van der Waals surface area contributed by atoms with Crippen LogP contribution < -0.4 is 0 Å². The lowest BCUT2D eigenvalue weighted by Crippen LogP contribution is -2.28. The van der Waals surface area contributed by atoms with Gasteiger partial charge in [-0.15, -0.1) is 0 Å². The first-order valence-electron chi connectivity index (χ1n) is 6.55. The van der Waals surface area contributed by atoms with Gasteiger partial charge in [0.25, 0.3) is 0 Å². The van der Waals surface area contributed by atoms with Crippen LogP contribution in [0.15, 0.2) is 30.3 Å². The third kappa shape index (κ3) is 7.56. The van der Waals surface area contributed by atoms with Gasteiger partial charge in [-0.25, -0.2) is 13.0 Å². The smallest absolute Gasteiger partial charge is 0.485 e. The molecule has 8 heteroatoms. The number of benzene rings is 1. The Kier molecular flexibility index (Phi) is 7.75. The molecule has 0 saturated heterocycles. The number of nitrogens with zero attached hydrogens (tertiary/aromatic N) is 1. The fraction of sp³-hybridized carbons (Fsp3) is 0.500. The second-order valence-corrected chi connectivity index (χ2v) is 6.45. The highest BCUT2D eigenvalue weighted by Crippen LogP contribution is 2.20. The third-order valence-electron chi connectivity index (χ3n) is 2.57. The van der Waals surface area contributed by atoms with Crippen molar-refractivity contribution in [1.29, 1.82) is 0 Å². The molecule has 0 heterocycles. The highest BCUT2D eigenvalue weighted by Gasteiger charge is 2.36. The van der Waals surface area contributed by atoms with Gasteiger partial charge in [0.1, 0.15) is 12.1 Å². The monoisotopic (exact) mass is 339 g/mol. The molecule has 0 radical (unpaired) electrons. The Labute approximate surface area is 129 Å². The number of rotatable bonds is 3. The Bertz CT molecular complexity index is 569. The normalized spacial score (nSPS) is 11.9. The van der Waals surface area contributed by atoms with E-state index in [1.54, 1.807) is 0 Å². The molecule has 22 heavy (non-hydrogen) atoms. The maximum atomic E-state index is 10.7. The van der Waals surface area contributed by atoms with Gasteiger partial charge in [-0.05, 0) is 39.8 Å². The maximum Gasteiger partial charge on any atom is 0.485 e. The Balaban J connectivity index is 0.000000472. The zero-order chi connectivity index (χ0) is 17.6. The molecular formula is C14H20F3NO3S. The fourth-order valence-electron chi connectivity index (χ4n) is 1.61. The SMILES string of the molecule is CC(C)[N+](=Cc1ccccc1)C(C)C.O=S(=O)([O-])C(F)(F)F. The van der Waals surface area contributed by atoms with Crippen molar-refractivity contribution in [3.05, 3.63) is 35.9 Å². The van der Waals surface area contributed by atoms with Crippen molar-refractivity contribution in [3.8, 4) is 0 Å². The van der Waals surface area contributed by atoms with E-state index in [9.17, 15) is 13.2 Å². The zero-order valence-corrected chi connectivity index (χ0v) is 13.6. The van der Waals surface area contributed by atoms with Crippen molar-refractivity contribution in [3.63, 3.8) is 0 Å². The lowest BCUT2D eigenvalue weighted by molar-refractivity contribution is -0.583. The van der Waals surface area contributed by atoms with E-state index < -0.39 is 15.6 Å². The van der Waals surface area contributed by atoms with Gasteiger partial charge in [0.2, 0.25) is 0 Å². The van der Waals surface area contributed by atoms with E-state index in [0.717, 1.165) is 0 Å². The van der Waals surface area contributed by atoms with E-state index in [0.29, 0.717) is 12.1 Å². The van der Waals surface area contributed by atoms with E-state index >= 15 is 0 Å². The minimum absolute atomic E-state index is 0.551. The van der Waals surface area contributed by atoms with Crippen LogP contribution in [0, 0.1) is 0 Å². The Morgan fingerprint density at radius 3 is 1.68 bits per heavy atom. The molecule has 4 nitrogen and oxygen atoms in total. The number of hydrogen-bond acceptors (Lipinski definition) is 3. The molecule has 0 fully saturated rings. The molecule has 126 valence electrons. The Morgan fingerprint density at radius 1 is 1.05 bits per heavy atom. The summed E-state index contributed by atoms with van der Waals surface area (Å²) >= 11 is 0. The molecule has 0 amide bonds. The molecule has 0 aliphatic carbocycles. The molecule has 0 N–H and O–H groups in total. The highest BCUT2D eigenvalue weighted by molar-refractivity contribution is 7.86. The molecule has 1 rings (SSSR count). The molecular weight excluding hydrogens is 319 g/mol. The second kappa shape index (κ2) is 8.28. The molecule has 0 saturated carbocycles. The summed E-state index contributed by atoms with van der Waals surface area (Å²) < 4.78 is 61.3. The minimum atomic E-state index is -6.09. The standard InChI is InChI=1S/C13H20N.CHF3O3S/c1-11(2)14(12(3)4)10-13-8-6-5-7-9-13;2-1(3,4)8(5,6)7/h5-12H,1-4H3;(H,5,6,7)/q+1;/p-1.